The van der Waals surface area contributed by atoms with E-state index in [4.69, 9.17) is 4.52 Å². The van der Waals surface area contributed by atoms with Crippen LogP contribution in [0.3, 0.4) is 0 Å². The lowest BCUT2D eigenvalue weighted by Crippen LogP contribution is -2.40. The summed E-state index contributed by atoms with van der Waals surface area (Å²) in [7, 11) is 2.18. The molecule has 0 bridgehead atoms. The fourth-order valence-corrected chi connectivity index (χ4v) is 1.96. The molecule has 0 radical (unpaired) electrons. The van der Waals surface area contributed by atoms with Crippen molar-refractivity contribution in [2.45, 2.75) is 32.4 Å². The van der Waals surface area contributed by atoms with Crippen molar-refractivity contribution in [2.24, 2.45) is 0 Å². The van der Waals surface area contributed by atoms with Crippen LogP contribution >= 0.6 is 0 Å². The van der Waals surface area contributed by atoms with Gasteiger partial charge >= 0.3 is 0 Å². The quantitative estimate of drug-likeness (QED) is 0.811. The number of aryl methyl sites for hydroxylation is 1. The molecule has 2 heterocycles. The smallest absolute Gasteiger partial charge is 0.150 e. The third-order valence-corrected chi connectivity index (χ3v) is 2.96. The molecule has 0 unspecified atom stereocenters. The van der Waals surface area contributed by atoms with E-state index in [0.717, 1.165) is 18.0 Å². The van der Waals surface area contributed by atoms with Gasteiger partial charge < -0.3 is 14.7 Å². The van der Waals surface area contributed by atoms with E-state index >= 15 is 0 Å². The second-order valence-corrected chi connectivity index (χ2v) is 4.39. The number of hydrogen-bond acceptors (Lipinski definition) is 4. The maximum atomic E-state index is 5.15. The molecular formula is C11H19N3O. The minimum atomic E-state index is 0.631. The second kappa shape index (κ2) is 4.77. The molecule has 0 spiro atoms. The van der Waals surface area contributed by atoms with E-state index in [1.165, 1.54) is 25.9 Å². The molecular weight excluding hydrogens is 190 g/mol. The van der Waals surface area contributed by atoms with Gasteiger partial charge in [-0.3, -0.25) is 0 Å². The summed E-state index contributed by atoms with van der Waals surface area (Å²) in [6.07, 6.45) is 2.45. The summed E-state index contributed by atoms with van der Waals surface area (Å²) in [6, 6.07) is 2.62. The predicted molar refractivity (Wildman–Crippen MR) is 58.6 cm³/mol. The van der Waals surface area contributed by atoms with E-state index < -0.39 is 0 Å². The lowest BCUT2D eigenvalue weighted by Gasteiger charge is -2.29. The van der Waals surface area contributed by atoms with Crippen LogP contribution in [-0.2, 0) is 6.54 Å². The lowest BCUT2D eigenvalue weighted by molar-refractivity contribution is 0.229. The average Bonchev–Trinajstić information content (AvgIpc) is 2.64. The highest BCUT2D eigenvalue weighted by atomic mass is 16.5. The average molecular weight is 209 g/mol. The third-order valence-electron chi connectivity index (χ3n) is 2.96. The molecule has 0 aromatic carbocycles. The lowest BCUT2D eigenvalue weighted by atomic mass is 10.1. The third kappa shape index (κ3) is 3.04. The molecule has 1 aromatic heterocycles. The zero-order valence-electron chi connectivity index (χ0n) is 9.49. The van der Waals surface area contributed by atoms with Crippen molar-refractivity contribution < 1.29 is 4.52 Å². The topological polar surface area (TPSA) is 41.3 Å². The summed E-state index contributed by atoms with van der Waals surface area (Å²) >= 11 is 0. The fraction of sp³-hybridized carbons (Fsp3) is 0.727. The Bertz CT molecular complexity index is 303. The number of nitrogens with one attached hydrogen (secondary N) is 1. The Morgan fingerprint density at radius 2 is 2.27 bits per heavy atom. The van der Waals surface area contributed by atoms with Crippen molar-refractivity contribution in [3.05, 3.63) is 17.5 Å². The maximum absolute atomic E-state index is 5.15. The van der Waals surface area contributed by atoms with Gasteiger partial charge in [-0.25, -0.2) is 0 Å². The van der Waals surface area contributed by atoms with Crippen molar-refractivity contribution in [2.75, 3.05) is 20.1 Å². The van der Waals surface area contributed by atoms with Crippen LogP contribution in [0.1, 0.15) is 24.3 Å². The normalized spacial score (nSPS) is 19.6. The second-order valence-electron chi connectivity index (χ2n) is 4.39. The number of piperidine rings is 1. The largest absolute Gasteiger partial charge is 0.360 e. The van der Waals surface area contributed by atoms with E-state index in [-0.39, 0.29) is 0 Å². The monoisotopic (exact) mass is 209 g/mol. The molecule has 1 saturated heterocycles. The minimum Gasteiger partial charge on any atom is -0.360 e. The minimum absolute atomic E-state index is 0.631. The van der Waals surface area contributed by atoms with Gasteiger partial charge in [-0.15, -0.1) is 0 Å². The first kappa shape index (κ1) is 10.6. The van der Waals surface area contributed by atoms with Crippen molar-refractivity contribution >= 4 is 0 Å². The van der Waals surface area contributed by atoms with Gasteiger partial charge in [0.2, 0.25) is 0 Å². The molecule has 1 aliphatic heterocycles. The molecule has 15 heavy (non-hydrogen) atoms. The SMILES string of the molecule is Cc1cc(CNC2CCN(C)CC2)on1. The van der Waals surface area contributed by atoms with Crippen LogP contribution in [0.5, 0.6) is 0 Å². The highest BCUT2D eigenvalue weighted by molar-refractivity contribution is 5.02. The Hall–Kier alpha value is -0.870. The van der Waals surface area contributed by atoms with Crippen LogP contribution in [0, 0.1) is 6.92 Å². The van der Waals surface area contributed by atoms with Crippen LogP contribution in [0.25, 0.3) is 0 Å². The van der Waals surface area contributed by atoms with Crippen LogP contribution < -0.4 is 5.32 Å². The fourth-order valence-electron chi connectivity index (χ4n) is 1.96. The Morgan fingerprint density at radius 1 is 1.53 bits per heavy atom. The Balaban J connectivity index is 1.74. The summed E-state index contributed by atoms with van der Waals surface area (Å²) in [6.45, 7) is 5.12. The zero-order valence-corrected chi connectivity index (χ0v) is 9.49. The summed E-state index contributed by atoms with van der Waals surface area (Å²) in [5.41, 5.74) is 0.954. The molecule has 4 nitrogen and oxygen atoms in total. The Labute approximate surface area is 90.6 Å². The van der Waals surface area contributed by atoms with E-state index in [1.54, 1.807) is 0 Å². The van der Waals surface area contributed by atoms with E-state index in [0.29, 0.717) is 6.04 Å². The zero-order chi connectivity index (χ0) is 10.7. The van der Waals surface area contributed by atoms with Crippen molar-refractivity contribution in [3.8, 4) is 0 Å². The summed E-state index contributed by atoms with van der Waals surface area (Å²) in [4.78, 5) is 2.37. The first-order valence-corrected chi connectivity index (χ1v) is 5.58. The van der Waals surface area contributed by atoms with Gasteiger partial charge in [-0.1, -0.05) is 5.16 Å². The summed E-state index contributed by atoms with van der Waals surface area (Å²) in [5, 5.41) is 7.38. The number of nitrogens with zero attached hydrogens (tertiary/aromatic N) is 2. The van der Waals surface area contributed by atoms with Crippen LogP contribution in [-0.4, -0.2) is 36.2 Å². The van der Waals surface area contributed by atoms with Crippen molar-refractivity contribution in [3.63, 3.8) is 0 Å². The number of rotatable bonds is 3. The highest BCUT2D eigenvalue weighted by Gasteiger charge is 2.16. The summed E-state index contributed by atoms with van der Waals surface area (Å²) < 4.78 is 5.15. The van der Waals surface area contributed by atoms with Crippen molar-refractivity contribution in [1.29, 1.82) is 0 Å². The highest BCUT2D eigenvalue weighted by Crippen LogP contribution is 2.09. The first-order chi connectivity index (χ1) is 7.24. The number of likely N-dealkylation sites (tertiary alicyclic amines) is 1. The molecule has 4 heteroatoms. The van der Waals surface area contributed by atoms with Crippen LogP contribution in [0.15, 0.2) is 10.6 Å². The van der Waals surface area contributed by atoms with Crippen LogP contribution in [0.4, 0.5) is 0 Å². The Morgan fingerprint density at radius 3 is 2.87 bits per heavy atom. The molecule has 0 amide bonds. The Kier molecular flexibility index (Phi) is 3.38. The number of hydrogen-bond donors (Lipinski definition) is 1. The molecule has 84 valence electrons. The molecule has 1 aliphatic rings. The molecule has 1 N–H and O–H groups in total. The van der Waals surface area contributed by atoms with Gasteiger partial charge in [0.1, 0.15) is 0 Å². The molecule has 0 atom stereocenters. The maximum Gasteiger partial charge on any atom is 0.150 e. The summed E-state index contributed by atoms with van der Waals surface area (Å²) in [5.74, 6) is 0.937. The molecule has 0 saturated carbocycles. The number of aromatic nitrogens is 1. The molecule has 1 fully saturated rings. The van der Waals surface area contributed by atoms with Gasteiger partial charge in [0, 0.05) is 12.1 Å². The van der Waals surface area contributed by atoms with E-state index in [1.807, 2.05) is 13.0 Å². The van der Waals surface area contributed by atoms with Gasteiger partial charge in [0.05, 0.1) is 12.2 Å². The van der Waals surface area contributed by atoms with Crippen molar-refractivity contribution in [1.82, 2.24) is 15.4 Å². The van der Waals surface area contributed by atoms with E-state index in [2.05, 4.69) is 22.4 Å². The van der Waals surface area contributed by atoms with Crippen LogP contribution in [0.2, 0.25) is 0 Å². The van der Waals surface area contributed by atoms with Gasteiger partial charge in [0.15, 0.2) is 5.76 Å². The predicted octanol–water partition coefficient (Wildman–Crippen LogP) is 1.17. The molecule has 2 rings (SSSR count). The van der Waals surface area contributed by atoms with E-state index in [9.17, 15) is 0 Å². The standard InChI is InChI=1S/C11H19N3O/c1-9-7-11(15-13-9)8-12-10-3-5-14(2)6-4-10/h7,10,12H,3-6,8H2,1-2H3. The van der Waals surface area contributed by atoms with Gasteiger partial charge in [-0.2, -0.15) is 0 Å². The first-order valence-electron chi connectivity index (χ1n) is 5.58. The van der Waals surface area contributed by atoms with Gasteiger partial charge in [0.25, 0.3) is 0 Å². The van der Waals surface area contributed by atoms with Gasteiger partial charge in [-0.05, 0) is 39.9 Å². The molecule has 1 aromatic rings. The molecule has 0 aliphatic carbocycles.